The van der Waals surface area contributed by atoms with Gasteiger partial charge in [0.25, 0.3) is 0 Å². The monoisotopic (exact) mass is 237 g/mol. The van der Waals surface area contributed by atoms with Crippen LogP contribution in [0.2, 0.25) is 5.02 Å². The number of carbonyl (C=O) groups excluding carboxylic acids is 1. The minimum absolute atomic E-state index is 0.247. The fraction of sp³-hybridized carbons (Fsp3) is 0.462. The largest absolute Gasteiger partial charge is 0.317 e. The summed E-state index contributed by atoms with van der Waals surface area (Å²) in [5.41, 5.74) is 0.741. The van der Waals surface area contributed by atoms with Crippen molar-refractivity contribution in [2.24, 2.45) is 0 Å². The number of ketones is 1. The lowest BCUT2D eigenvalue weighted by Gasteiger charge is -2.36. The fourth-order valence-corrected chi connectivity index (χ4v) is 2.67. The second kappa shape index (κ2) is 4.56. The minimum Gasteiger partial charge on any atom is -0.317 e. The topological polar surface area (TPSA) is 29.1 Å². The Kier molecular flexibility index (Phi) is 3.31. The van der Waals surface area contributed by atoms with E-state index in [1.54, 1.807) is 6.92 Å². The summed E-state index contributed by atoms with van der Waals surface area (Å²) < 4.78 is 0. The Hall–Kier alpha value is -0.860. The van der Waals surface area contributed by atoms with Crippen LogP contribution in [-0.2, 0) is 10.2 Å². The lowest BCUT2D eigenvalue weighted by atomic mass is 9.70. The van der Waals surface area contributed by atoms with Gasteiger partial charge < -0.3 is 5.32 Å². The number of carbonyl (C=O) groups is 1. The van der Waals surface area contributed by atoms with Crippen LogP contribution in [0, 0.1) is 0 Å². The Balaban J connectivity index is 2.42. The van der Waals surface area contributed by atoms with Crippen LogP contribution in [0.3, 0.4) is 0 Å². The Bertz CT molecular complexity index is 397. The van der Waals surface area contributed by atoms with Crippen molar-refractivity contribution in [2.75, 3.05) is 13.1 Å². The molecule has 0 atom stereocenters. The summed E-state index contributed by atoms with van der Waals surface area (Å²) in [4.78, 5) is 12.0. The molecule has 1 heterocycles. The van der Waals surface area contributed by atoms with Crippen molar-refractivity contribution in [2.45, 2.75) is 25.2 Å². The summed E-state index contributed by atoms with van der Waals surface area (Å²) in [7, 11) is 0. The van der Waals surface area contributed by atoms with Crippen molar-refractivity contribution in [3.05, 3.63) is 34.9 Å². The third-order valence-electron chi connectivity index (χ3n) is 3.51. The van der Waals surface area contributed by atoms with Gasteiger partial charge >= 0.3 is 0 Å². The molecule has 3 heteroatoms. The van der Waals surface area contributed by atoms with Gasteiger partial charge in [0.05, 0.1) is 5.41 Å². The summed E-state index contributed by atoms with van der Waals surface area (Å²) >= 11 is 6.00. The molecule has 1 aromatic rings. The van der Waals surface area contributed by atoms with Gasteiger partial charge in [-0.25, -0.2) is 0 Å². The molecular weight excluding hydrogens is 222 g/mol. The highest BCUT2D eigenvalue weighted by Gasteiger charge is 2.38. The molecule has 1 fully saturated rings. The zero-order valence-corrected chi connectivity index (χ0v) is 10.2. The van der Waals surface area contributed by atoms with E-state index < -0.39 is 0 Å². The summed E-state index contributed by atoms with van der Waals surface area (Å²) in [6.07, 6.45) is 1.73. The number of hydrogen-bond donors (Lipinski definition) is 1. The van der Waals surface area contributed by atoms with Gasteiger partial charge in [0.1, 0.15) is 5.78 Å². The predicted octanol–water partition coefficient (Wildman–Crippen LogP) is 2.55. The van der Waals surface area contributed by atoms with E-state index >= 15 is 0 Å². The van der Waals surface area contributed by atoms with Gasteiger partial charge in [-0.15, -0.1) is 0 Å². The molecule has 0 unspecified atom stereocenters. The Morgan fingerprint density at radius 2 is 2.06 bits per heavy atom. The first kappa shape index (κ1) is 11.6. The van der Waals surface area contributed by atoms with E-state index in [9.17, 15) is 4.79 Å². The molecule has 0 amide bonds. The highest BCUT2D eigenvalue weighted by molar-refractivity contribution is 6.30. The average molecular weight is 238 g/mol. The predicted molar refractivity (Wildman–Crippen MR) is 65.9 cm³/mol. The summed E-state index contributed by atoms with van der Waals surface area (Å²) in [6, 6.07) is 7.71. The number of piperidine rings is 1. The van der Waals surface area contributed by atoms with E-state index in [0.29, 0.717) is 5.02 Å². The van der Waals surface area contributed by atoms with Gasteiger partial charge in [-0.05, 0) is 50.6 Å². The Labute approximate surface area is 101 Å². The molecule has 2 rings (SSSR count). The third kappa shape index (κ3) is 2.00. The molecule has 0 bridgehead atoms. The van der Waals surface area contributed by atoms with E-state index in [2.05, 4.69) is 5.32 Å². The van der Waals surface area contributed by atoms with Gasteiger partial charge in [0.2, 0.25) is 0 Å². The van der Waals surface area contributed by atoms with Crippen LogP contribution in [0.15, 0.2) is 24.3 Å². The Morgan fingerprint density at radius 3 is 2.62 bits per heavy atom. The van der Waals surface area contributed by atoms with Crippen LogP contribution in [0.25, 0.3) is 0 Å². The molecule has 0 spiro atoms. The molecule has 0 saturated carbocycles. The molecule has 1 aromatic carbocycles. The summed E-state index contributed by atoms with van der Waals surface area (Å²) in [6.45, 7) is 3.48. The average Bonchev–Trinajstić information content (AvgIpc) is 2.30. The van der Waals surface area contributed by atoms with Crippen molar-refractivity contribution in [3.63, 3.8) is 0 Å². The SMILES string of the molecule is CC(=O)C1(c2cccc(Cl)c2)CCNCC1. The number of halogens is 1. The molecule has 0 aliphatic carbocycles. The molecule has 1 saturated heterocycles. The number of nitrogens with one attached hydrogen (secondary N) is 1. The van der Waals surface area contributed by atoms with Gasteiger partial charge in [-0.2, -0.15) is 0 Å². The number of rotatable bonds is 2. The van der Waals surface area contributed by atoms with Crippen LogP contribution in [0.5, 0.6) is 0 Å². The second-order valence-electron chi connectivity index (χ2n) is 4.40. The first-order valence-corrected chi connectivity index (χ1v) is 6.01. The second-order valence-corrected chi connectivity index (χ2v) is 4.84. The normalized spacial score (nSPS) is 19.4. The molecule has 0 aromatic heterocycles. The maximum absolute atomic E-state index is 12.0. The zero-order chi connectivity index (χ0) is 11.6. The van der Waals surface area contributed by atoms with Gasteiger partial charge in [-0.1, -0.05) is 23.7 Å². The first-order chi connectivity index (χ1) is 7.65. The first-order valence-electron chi connectivity index (χ1n) is 5.63. The lowest BCUT2D eigenvalue weighted by Crippen LogP contribution is -2.44. The van der Waals surface area contributed by atoms with Crippen LogP contribution in [-0.4, -0.2) is 18.9 Å². The molecule has 1 aliphatic heterocycles. The van der Waals surface area contributed by atoms with Gasteiger partial charge in [0.15, 0.2) is 0 Å². The Morgan fingerprint density at radius 1 is 1.38 bits per heavy atom. The van der Waals surface area contributed by atoms with Crippen molar-refractivity contribution in [1.82, 2.24) is 5.32 Å². The van der Waals surface area contributed by atoms with E-state index in [4.69, 9.17) is 11.6 Å². The van der Waals surface area contributed by atoms with Crippen molar-refractivity contribution in [1.29, 1.82) is 0 Å². The number of Topliss-reactive ketones (excluding diaryl/α,β-unsaturated/α-hetero) is 1. The van der Waals surface area contributed by atoms with Crippen molar-refractivity contribution < 1.29 is 4.79 Å². The molecule has 86 valence electrons. The maximum atomic E-state index is 12.0. The zero-order valence-electron chi connectivity index (χ0n) is 9.42. The van der Waals surface area contributed by atoms with E-state index in [0.717, 1.165) is 31.5 Å². The van der Waals surface area contributed by atoms with Gasteiger partial charge in [0, 0.05) is 5.02 Å². The van der Waals surface area contributed by atoms with E-state index in [1.165, 1.54) is 0 Å². The van der Waals surface area contributed by atoms with Crippen LogP contribution in [0.4, 0.5) is 0 Å². The summed E-state index contributed by atoms with van der Waals surface area (Å²) in [5.74, 6) is 0.247. The molecule has 0 radical (unpaired) electrons. The van der Waals surface area contributed by atoms with Crippen molar-refractivity contribution in [3.8, 4) is 0 Å². The molecule has 1 aliphatic rings. The smallest absolute Gasteiger partial charge is 0.140 e. The molecular formula is C13H16ClNO. The number of benzene rings is 1. The van der Waals surface area contributed by atoms with Crippen LogP contribution < -0.4 is 5.32 Å². The third-order valence-corrected chi connectivity index (χ3v) is 3.74. The molecule has 1 N–H and O–H groups in total. The highest BCUT2D eigenvalue weighted by Crippen LogP contribution is 2.35. The quantitative estimate of drug-likeness (QED) is 0.857. The molecule has 16 heavy (non-hydrogen) atoms. The van der Waals surface area contributed by atoms with E-state index in [1.807, 2.05) is 24.3 Å². The molecule has 2 nitrogen and oxygen atoms in total. The number of hydrogen-bond acceptors (Lipinski definition) is 2. The van der Waals surface area contributed by atoms with Gasteiger partial charge in [-0.3, -0.25) is 4.79 Å². The highest BCUT2D eigenvalue weighted by atomic mass is 35.5. The van der Waals surface area contributed by atoms with E-state index in [-0.39, 0.29) is 11.2 Å². The summed E-state index contributed by atoms with van der Waals surface area (Å²) in [5, 5.41) is 4.00. The standard InChI is InChI=1S/C13H16ClNO/c1-10(16)13(5-7-15-8-6-13)11-3-2-4-12(14)9-11/h2-4,9,15H,5-8H2,1H3. The maximum Gasteiger partial charge on any atom is 0.140 e. The van der Waals surface area contributed by atoms with Crippen LogP contribution >= 0.6 is 11.6 Å². The van der Waals surface area contributed by atoms with Crippen LogP contribution in [0.1, 0.15) is 25.3 Å². The lowest BCUT2D eigenvalue weighted by molar-refractivity contribution is -0.123. The fourth-order valence-electron chi connectivity index (χ4n) is 2.48. The van der Waals surface area contributed by atoms with Crippen molar-refractivity contribution >= 4 is 17.4 Å². The minimum atomic E-state index is -0.323.